The molecule has 6 nitrogen and oxygen atoms in total. The second-order valence-electron chi connectivity index (χ2n) is 18.5. The maximum Gasteiger partial charge on any atom is 0.306 e. The minimum atomic E-state index is -0.762. The Kier molecular flexibility index (Phi) is 43.7. The molecule has 0 bridgehead atoms. The van der Waals surface area contributed by atoms with Gasteiger partial charge in [-0.25, -0.2) is 0 Å². The molecule has 0 aromatic heterocycles. The van der Waals surface area contributed by atoms with Gasteiger partial charge in [0.25, 0.3) is 0 Å². The third kappa shape index (κ3) is 44.0. The average Bonchev–Trinajstić information content (AvgIpc) is 3.21. The van der Waals surface area contributed by atoms with Crippen LogP contribution < -0.4 is 0 Å². The quantitative estimate of drug-likeness (QED) is 0.0346. The van der Waals surface area contributed by atoms with Crippen molar-refractivity contribution in [1.29, 1.82) is 0 Å². The SMILES string of the molecule is CCCCCCCCCCCCCCCCCCC(=O)OC[C@H](COC(=O)CCCCCCCCCCCCCC(C)C)OC(=O)CCCCCCCCC(C)CC. The first kappa shape index (κ1) is 56.4. The van der Waals surface area contributed by atoms with Crippen LogP contribution in [0.4, 0.5) is 0 Å². The van der Waals surface area contributed by atoms with Crippen molar-refractivity contribution in [3.8, 4) is 0 Å². The van der Waals surface area contributed by atoms with Gasteiger partial charge in [-0.05, 0) is 31.1 Å². The van der Waals surface area contributed by atoms with Gasteiger partial charge >= 0.3 is 17.9 Å². The van der Waals surface area contributed by atoms with E-state index in [0.717, 1.165) is 69.6 Å². The summed E-state index contributed by atoms with van der Waals surface area (Å²) in [5, 5.41) is 0. The maximum absolute atomic E-state index is 12.7. The van der Waals surface area contributed by atoms with E-state index < -0.39 is 6.10 Å². The molecular weight excluding hydrogens is 721 g/mol. The molecule has 0 spiro atoms. The molecule has 58 heavy (non-hydrogen) atoms. The van der Waals surface area contributed by atoms with Crippen LogP contribution >= 0.6 is 0 Å². The van der Waals surface area contributed by atoms with Crippen molar-refractivity contribution in [3.05, 3.63) is 0 Å². The minimum Gasteiger partial charge on any atom is -0.462 e. The molecule has 0 aromatic carbocycles. The second kappa shape index (κ2) is 44.9. The second-order valence-corrected chi connectivity index (χ2v) is 18.5. The summed E-state index contributed by atoms with van der Waals surface area (Å²) in [5.74, 6) is 0.784. The van der Waals surface area contributed by atoms with E-state index >= 15 is 0 Å². The Balaban J connectivity index is 4.28. The Morgan fingerprint density at radius 2 is 0.655 bits per heavy atom. The number of ether oxygens (including phenoxy) is 3. The van der Waals surface area contributed by atoms with Gasteiger partial charge < -0.3 is 14.2 Å². The average molecular weight is 821 g/mol. The van der Waals surface area contributed by atoms with E-state index in [0.29, 0.717) is 19.3 Å². The smallest absolute Gasteiger partial charge is 0.306 e. The van der Waals surface area contributed by atoms with Gasteiger partial charge in [-0.15, -0.1) is 0 Å². The highest BCUT2D eigenvalue weighted by Crippen LogP contribution is 2.18. The van der Waals surface area contributed by atoms with Crippen molar-refractivity contribution in [2.75, 3.05) is 13.2 Å². The van der Waals surface area contributed by atoms with Crippen LogP contribution in [-0.4, -0.2) is 37.2 Å². The van der Waals surface area contributed by atoms with E-state index in [1.54, 1.807) is 0 Å². The zero-order valence-corrected chi connectivity index (χ0v) is 39.7. The highest BCUT2D eigenvalue weighted by Gasteiger charge is 2.19. The maximum atomic E-state index is 12.7. The number of carbonyl (C=O) groups is 3. The third-order valence-corrected chi connectivity index (χ3v) is 12.1. The van der Waals surface area contributed by atoms with E-state index in [9.17, 15) is 14.4 Å². The van der Waals surface area contributed by atoms with Gasteiger partial charge in [0.2, 0.25) is 0 Å². The van der Waals surface area contributed by atoms with E-state index in [4.69, 9.17) is 14.2 Å². The summed E-state index contributed by atoms with van der Waals surface area (Å²) in [5.41, 5.74) is 0. The summed E-state index contributed by atoms with van der Waals surface area (Å²) in [6.45, 7) is 11.3. The van der Waals surface area contributed by atoms with Gasteiger partial charge in [-0.3, -0.25) is 14.4 Å². The Morgan fingerprint density at radius 3 is 0.983 bits per heavy atom. The first-order valence-electron chi connectivity index (χ1n) is 25.8. The van der Waals surface area contributed by atoms with Gasteiger partial charge in [-0.2, -0.15) is 0 Å². The molecule has 0 rings (SSSR count). The summed E-state index contributed by atoms with van der Waals surface area (Å²) < 4.78 is 16.8. The first-order chi connectivity index (χ1) is 28.3. The molecule has 0 aromatic rings. The van der Waals surface area contributed by atoms with Crippen LogP contribution in [0, 0.1) is 11.8 Å². The van der Waals surface area contributed by atoms with E-state index in [1.807, 2.05) is 0 Å². The van der Waals surface area contributed by atoms with Crippen molar-refractivity contribution in [3.63, 3.8) is 0 Å². The van der Waals surface area contributed by atoms with Gasteiger partial charge in [-0.1, -0.05) is 247 Å². The number of hydrogen-bond donors (Lipinski definition) is 0. The number of rotatable bonds is 46. The lowest BCUT2D eigenvalue weighted by atomic mass is 10.00. The van der Waals surface area contributed by atoms with Gasteiger partial charge in [0, 0.05) is 19.3 Å². The number of hydrogen-bond acceptors (Lipinski definition) is 6. The monoisotopic (exact) mass is 821 g/mol. The topological polar surface area (TPSA) is 78.9 Å². The predicted octanol–water partition coefficient (Wildman–Crippen LogP) is 16.5. The number of carbonyl (C=O) groups excluding carboxylic acids is 3. The molecule has 0 aliphatic heterocycles. The van der Waals surface area contributed by atoms with E-state index in [-0.39, 0.29) is 31.1 Å². The zero-order valence-electron chi connectivity index (χ0n) is 39.7. The van der Waals surface area contributed by atoms with Crippen LogP contribution in [-0.2, 0) is 28.6 Å². The highest BCUT2D eigenvalue weighted by atomic mass is 16.6. The minimum absolute atomic E-state index is 0.0646. The Hall–Kier alpha value is -1.59. The molecule has 0 aliphatic carbocycles. The lowest BCUT2D eigenvalue weighted by Gasteiger charge is -2.18. The summed E-state index contributed by atoms with van der Waals surface area (Å²) in [4.78, 5) is 37.9. The molecule has 0 radical (unpaired) electrons. The van der Waals surface area contributed by atoms with Crippen LogP contribution in [0.15, 0.2) is 0 Å². The third-order valence-electron chi connectivity index (χ3n) is 12.1. The van der Waals surface area contributed by atoms with Gasteiger partial charge in [0.05, 0.1) is 0 Å². The molecule has 0 heterocycles. The molecular formula is C52H100O6. The fourth-order valence-electron chi connectivity index (χ4n) is 7.78. The molecule has 0 N–H and O–H groups in total. The largest absolute Gasteiger partial charge is 0.462 e. The molecule has 2 atom stereocenters. The van der Waals surface area contributed by atoms with Crippen LogP contribution in [0.1, 0.15) is 285 Å². The highest BCUT2D eigenvalue weighted by molar-refractivity contribution is 5.71. The van der Waals surface area contributed by atoms with Crippen LogP contribution in [0.3, 0.4) is 0 Å². The fraction of sp³-hybridized carbons (Fsp3) is 0.942. The summed E-state index contributed by atoms with van der Waals surface area (Å²) in [7, 11) is 0. The summed E-state index contributed by atoms with van der Waals surface area (Å²) >= 11 is 0. The molecule has 0 amide bonds. The molecule has 0 saturated heterocycles. The van der Waals surface area contributed by atoms with Crippen LogP contribution in [0.25, 0.3) is 0 Å². The van der Waals surface area contributed by atoms with Crippen molar-refractivity contribution in [1.82, 2.24) is 0 Å². The molecule has 0 aliphatic rings. The van der Waals surface area contributed by atoms with Crippen LogP contribution in [0.5, 0.6) is 0 Å². The van der Waals surface area contributed by atoms with Crippen molar-refractivity contribution in [2.45, 2.75) is 291 Å². The van der Waals surface area contributed by atoms with Crippen molar-refractivity contribution < 1.29 is 28.6 Å². The van der Waals surface area contributed by atoms with Crippen molar-refractivity contribution >= 4 is 17.9 Å². The Morgan fingerprint density at radius 1 is 0.362 bits per heavy atom. The fourth-order valence-corrected chi connectivity index (χ4v) is 7.78. The molecule has 0 saturated carbocycles. The molecule has 1 unspecified atom stereocenters. The van der Waals surface area contributed by atoms with Gasteiger partial charge in [0.1, 0.15) is 13.2 Å². The molecule has 0 fully saturated rings. The lowest BCUT2D eigenvalue weighted by Crippen LogP contribution is -2.30. The van der Waals surface area contributed by atoms with E-state index in [2.05, 4.69) is 34.6 Å². The Labute approximate surface area is 361 Å². The van der Waals surface area contributed by atoms with Gasteiger partial charge in [0.15, 0.2) is 6.10 Å². The standard InChI is InChI=1S/C52H100O6/c1-6-8-9-10-11-12-13-14-15-16-17-20-23-26-32-37-42-50(53)56-45-49(58-52(55)44-39-34-29-28-31-36-41-48(5)7-2)46-57-51(54)43-38-33-27-24-21-18-19-22-25-30-35-40-47(3)4/h47-49H,6-46H2,1-5H3/t48?,49-/m1/s1. The normalized spacial score (nSPS) is 12.5. The zero-order chi connectivity index (χ0) is 42.6. The van der Waals surface area contributed by atoms with Crippen molar-refractivity contribution in [2.24, 2.45) is 11.8 Å². The lowest BCUT2D eigenvalue weighted by molar-refractivity contribution is -0.167. The van der Waals surface area contributed by atoms with Crippen LogP contribution in [0.2, 0.25) is 0 Å². The molecule has 6 heteroatoms. The summed E-state index contributed by atoms with van der Waals surface area (Å²) in [6, 6.07) is 0. The van der Waals surface area contributed by atoms with E-state index in [1.165, 1.54) is 173 Å². The number of esters is 3. The predicted molar refractivity (Wildman–Crippen MR) is 247 cm³/mol. The Bertz CT molecular complexity index is 887. The number of unbranched alkanes of at least 4 members (excludes halogenated alkanes) is 30. The summed E-state index contributed by atoms with van der Waals surface area (Å²) in [6.07, 6.45) is 45.2. The first-order valence-corrected chi connectivity index (χ1v) is 25.8. The molecule has 344 valence electrons.